The molecule has 0 aliphatic heterocycles. The number of carboxylic acids is 1. The molecule has 0 heterocycles. The molecule has 0 bridgehead atoms. The first-order chi connectivity index (χ1) is 15.4. The lowest BCUT2D eigenvalue weighted by molar-refractivity contribution is -0.118. The minimum atomic E-state index is -0.980. The van der Waals surface area contributed by atoms with Crippen molar-refractivity contribution in [2.24, 2.45) is 0 Å². The number of ether oxygens (including phenoxy) is 2. The number of amides is 1. The van der Waals surface area contributed by atoms with E-state index >= 15 is 0 Å². The van der Waals surface area contributed by atoms with Crippen LogP contribution in [0.4, 0.5) is 11.4 Å². The molecule has 1 amide bonds. The molecular weight excluding hydrogens is 432 g/mol. The first-order valence-electron chi connectivity index (χ1n) is 9.78. The van der Waals surface area contributed by atoms with E-state index < -0.39 is 5.97 Å². The molecule has 3 rings (SSSR count). The quantitative estimate of drug-likeness (QED) is 0.421. The van der Waals surface area contributed by atoms with Gasteiger partial charge in [0.1, 0.15) is 0 Å². The van der Waals surface area contributed by atoms with Crippen LogP contribution in [-0.2, 0) is 11.3 Å². The molecule has 32 heavy (non-hydrogen) atoms. The zero-order valence-corrected chi connectivity index (χ0v) is 18.4. The summed E-state index contributed by atoms with van der Waals surface area (Å²) in [4.78, 5) is 23.3. The van der Waals surface area contributed by atoms with Crippen LogP contribution in [-0.4, -0.2) is 30.7 Å². The van der Waals surface area contributed by atoms with Gasteiger partial charge in [0.15, 0.2) is 18.1 Å². The van der Waals surface area contributed by atoms with E-state index in [9.17, 15) is 9.59 Å². The number of halogens is 1. The van der Waals surface area contributed by atoms with Crippen LogP contribution in [0.5, 0.6) is 11.5 Å². The Morgan fingerprint density at radius 3 is 2.53 bits per heavy atom. The normalized spacial score (nSPS) is 10.3. The fraction of sp³-hybridized carbons (Fsp3) is 0.167. The van der Waals surface area contributed by atoms with E-state index in [1.807, 2.05) is 19.1 Å². The van der Waals surface area contributed by atoms with Gasteiger partial charge in [0.2, 0.25) is 0 Å². The summed E-state index contributed by atoms with van der Waals surface area (Å²) in [5, 5.41) is 15.6. The predicted octanol–water partition coefficient (Wildman–Crippen LogP) is 4.98. The highest BCUT2D eigenvalue weighted by Crippen LogP contribution is 2.28. The minimum absolute atomic E-state index is 0.193. The summed E-state index contributed by atoms with van der Waals surface area (Å²) in [5.41, 5.74) is 3.32. The molecule has 0 saturated heterocycles. The molecule has 0 aliphatic rings. The van der Waals surface area contributed by atoms with E-state index in [1.165, 1.54) is 13.2 Å². The van der Waals surface area contributed by atoms with E-state index in [1.54, 1.807) is 42.5 Å². The monoisotopic (exact) mass is 454 g/mol. The minimum Gasteiger partial charge on any atom is -0.493 e. The van der Waals surface area contributed by atoms with E-state index in [4.69, 9.17) is 26.2 Å². The Morgan fingerprint density at radius 2 is 1.81 bits per heavy atom. The summed E-state index contributed by atoms with van der Waals surface area (Å²) in [5.74, 6) is -0.390. The molecule has 3 aromatic carbocycles. The maximum atomic E-state index is 12.2. The maximum absolute atomic E-state index is 12.2. The third kappa shape index (κ3) is 6.15. The van der Waals surface area contributed by atoms with Crippen LogP contribution in [0, 0.1) is 6.92 Å². The molecular formula is C24H23ClN2O5. The molecule has 0 aromatic heterocycles. The number of rotatable bonds is 9. The highest BCUT2D eigenvalue weighted by molar-refractivity contribution is 6.31. The Labute approximate surface area is 190 Å². The molecule has 0 spiro atoms. The van der Waals surface area contributed by atoms with Gasteiger partial charge >= 0.3 is 5.97 Å². The molecule has 8 heteroatoms. The second-order valence-corrected chi connectivity index (χ2v) is 7.43. The van der Waals surface area contributed by atoms with Crippen molar-refractivity contribution >= 4 is 34.9 Å². The zero-order chi connectivity index (χ0) is 23.1. The van der Waals surface area contributed by atoms with Gasteiger partial charge in [-0.1, -0.05) is 29.8 Å². The van der Waals surface area contributed by atoms with Crippen molar-refractivity contribution in [1.29, 1.82) is 0 Å². The number of anilines is 2. The van der Waals surface area contributed by atoms with Gasteiger partial charge in [-0.2, -0.15) is 0 Å². The van der Waals surface area contributed by atoms with Crippen LogP contribution in [0.1, 0.15) is 21.5 Å². The molecule has 3 aromatic rings. The van der Waals surface area contributed by atoms with Crippen LogP contribution in [0.25, 0.3) is 0 Å². The standard InChI is InChI=1S/C24H23ClN2O5/c1-15-6-8-19(12-20(15)25)27-23(28)14-32-21-9-7-16(10-22(21)31-2)13-26-18-5-3-4-17(11-18)24(29)30/h3-12,26H,13-14H2,1-2H3,(H,27,28)(H,29,30). The number of hydrogen-bond donors (Lipinski definition) is 3. The van der Waals surface area contributed by atoms with Crippen molar-refractivity contribution in [2.75, 3.05) is 24.4 Å². The predicted molar refractivity (Wildman–Crippen MR) is 124 cm³/mol. The number of hydrogen-bond acceptors (Lipinski definition) is 5. The van der Waals surface area contributed by atoms with Gasteiger partial charge in [-0.3, -0.25) is 4.79 Å². The largest absolute Gasteiger partial charge is 0.493 e. The lowest BCUT2D eigenvalue weighted by atomic mass is 10.1. The molecule has 166 valence electrons. The highest BCUT2D eigenvalue weighted by Gasteiger charge is 2.10. The van der Waals surface area contributed by atoms with Gasteiger partial charge in [-0.15, -0.1) is 0 Å². The zero-order valence-electron chi connectivity index (χ0n) is 17.6. The topological polar surface area (TPSA) is 96.9 Å². The van der Waals surface area contributed by atoms with Gasteiger partial charge < -0.3 is 25.2 Å². The van der Waals surface area contributed by atoms with Crippen LogP contribution in [0.15, 0.2) is 60.7 Å². The van der Waals surface area contributed by atoms with Gasteiger partial charge in [-0.25, -0.2) is 4.79 Å². The fourth-order valence-electron chi connectivity index (χ4n) is 2.92. The Morgan fingerprint density at radius 1 is 1.00 bits per heavy atom. The van der Waals surface area contributed by atoms with Crippen molar-refractivity contribution in [3.05, 3.63) is 82.4 Å². The van der Waals surface area contributed by atoms with Crippen LogP contribution in [0.2, 0.25) is 5.02 Å². The highest BCUT2D eigenvalue weighted by atomic mass is 35.5. The van der Waals surface area contributed by atoms with Gasteiger partial charge in [0.25, 0.3) is 5.91 Å². The molecule has 0 fully saturated rings. The van der Waals surface area contributed by atoms with Crippen molar-refractivity contribution in [2.45, 2.75) is 13.5 Å². The van der Waals surface area contributed by atoms with Gasteiger partial charge in [0, 0.05) is 22.9 Å². The van der Waals surface area contributed by atoms with E-state index in [0.29, 0.717) is 34.4 Å². The van der Waals surface area contributed by atoms with Crippen LogP contribution >= 0.6 is 11.6 Å². The second kappa shape index (κ2) is 10.5. The number of carbonyl (C=O) groups is 2. The number of carbonyl (C=O) groups excluding carboxylic acids is 1. The average Bonchev–Trinajstić information content (AvgIpc) is 2.79. The van der Waals surface area contributed by atoms with Crippen molar-refractivity contribution in [3.63, 3.8) is 0 Å². The number of aromatic carboxylic acids is 1. The Kier molecular flexibility index (Phi) is 7.57. The third-order valence-electron chi connectivity index (χ3n) is 4.65. The number of methoxy groups -OCH3 is 1. The molecule has 0 unspecified atom stereocenters. The van der Waals surface area contributed by atoms with Crippen molar-refractivity contribution < 1.29 is 24.2 Å². The lowest BCUT2D eigenvalue weighted by Gasteiger charge is -2.13. The molecule has 7 nitrogen and oxygen atoms in total. The number of aryl methyl sites for hydroxylation is 1. The third-order valence-corrected chi connectivity index (χ3v) is 5.06. The Hall–Kier alpha value is -3.71. The van der Waals surface area contributed by atoms with Gasteiger partial charge in [0.05, 0.1) is 12.7 Å². The molecule has 3 N–H and O–H groups in total. The number of carboxylic acid groups (broad SMARTS) is 1. The van der Waals surface area contributed by atoms with Crippen LogP contribution < -0.4 is 20.1 Å². The molecule has 0 radical (unpaired) electrons. The molecule has 0 saturated carbocycles. The summed E-state index contributed by atoms with van der Waals surface area (Å²) in [6.07, 6.45) is 0. The molecule has 0 aliphatic carbocycles. The average molecular weight is 455 g/mol. The first kappa shape index (κ1) is 23.0. The second-order valence-electron chi connectivity index (χ2n) is 7.03. The lowest BCUT2D eigenvalue weighted by Crippen LogP contribution is -2.20. The van der Waals surface area contributed by atoms with Gasteiger partial charge in [-0.05, 0) is 60.5 Å². The summed E-state index contributed by atoms with van der Waals surface area (Å²) < 4.78 is 11.0. The van der Waals surface area contributed by atoms with E-state index in [0.717, 1.165) is 11.1 Å². The maximum Gasteiger partial charge on any atom is 0.335 e. The van der Waals surface area contributed by atoms with Crippen LogP contribution in [0.3, 0.4) is 0 Å². The molecule has 0 atom stereocenters. The summed E-state index contributed by atoms with van der Waals surface area (Å²) in [7, 11) is 1.52. The van der Waals surface area contributed by atoms with E-state index in [-0.39, 0.29) is 18.1 Å². The number of nitrogens with one attached hydrogen (secondary N) is 2. The first-order valence-corrected chi connectivity index (χ1v) is 10.2. The Balaban J connectivity index is 1.58. The summed E-state index contributed by atoms with van der Waals surface area (Å²) in [6, 6.07) is 17.2. The van der Waals surface area contributed by atoms with Crippen molar-refractivity contribution in [1.82, 2.24) is 0 Å². The smallest absolute Gasteiger partial charge is 0.335 e. The number of benzene rings is 3. The SMILES string of the molecule is COc1cc(CNc2cccc(C(=O)O)c2)ccc1OCC(=O)Nc1ccc(C)c(Cl)c1. The van der Waals surface area contributed by atoms with Crippen molar-refractivity contribution in [3.8, 4) is 11.5 Å². The summed E-state index contributed by atoms with van der Waals surface area (Å²) in [6.45, 7) is 2.14. The Bertz CT molecular complexity index is 1130. The fourth-order valence-corrected chi connectivity index (χ4v) is 3.10. The summed E-state index contributed by atoms with van der Waals surface area (Å²) >= 11 is 6.08. The van der Waals surface area contributed by atoms with E-state index in [2.05, 4.69) is 10.6 Å².